The Morgan fingerprint density at radius 3 is 2.15 bits per heavy atom. The summed E-state index contributed by atoms with van der Waals surface area (Å²) in [4.78, 5) is 11.6. The Morgan fingerprint density at radius 2 is 1.70 bits per heavy atom. The van der Waals surface area contributed by atoms with E-state index < -0.39 is 12.8 Å². The summed E-state index contributed by atoms with van der Waals surface area (Å²) in [6.45, 7) is 4.16. The fraction of sp³-hybridized carbons (Fsp3) is 0.462. The summed E-state index contributed by atoms with van der Waals surface area (Å²) in [6, 6.07) is 5.26. The van der Waals surface area contributed by atoms with Crippen molar-refractivity contribution in [3.8, 4) is 5.75 Å². The average molecular weight is 290 g/mol. The molecule has 0 unspecified atom stereocenters. The Kier molecular flexibility index (Phi) is 4.86. The van der Waals surface area contributed by atoms with E-state index in [4.69, 9.17) is 0 Å². The van der Waals surface area contributed by atoms with Crippen LogP contribution in [0.4, 0.5) is 23.7 Å². The molecule has 112 valence electrons. The third kappa shape index (κ3) is 6.86. The molecule has 0 radical (unpaired) electrons. The molecular formula is C13H17F3N2O2. The summed E-state index contributed by atoms with van der Waals surface area (Å²) in [5.74, 6) is 0.0871. The van der Waals surface area contributed by atoms with E-state index in [-0.39, 0.29) is 17.3 Å². The van der Waals surface area contributed by atoms with Gasteiger partial charge in [0.25, 0.3) is 0 Å². The van der Waals surface area contributed by atoms with Gasteiger partial charge >= 0.3 is 12.2 Å². The molecular weight excluding hydrogens is 273 g/mol. The fourth-order valence-electron chi connectivity index (χ4n) is 1.30. The van der Waals surface area contributed by atoms with Crippen LogP contribution in [0, 0.1) is 0 Å². The summed E-state index contributed by atoms with van der Waals surface area (Å²) in [5, 5.41) is 5.27. The van der Waals surface area contributed by atoms with Crippen LogP contribution >= 0.6 is 0 Å². The minimum Gasteiger partial charge on any atom is -0.484 e. The van der Waals surface area contributed by atoms with E-state index in [1.165, 1.54) is 24.3 Å². The molecule has 0 bridgehead atoms. The molecule has 0 aliphatic carbocycles. The summed E-state index contributed by atoms with van der Waals surface area (Å²) >= 11 is 0. The number of carbonyl (C=O) groups is 1. The van der Waals surface area contributed by atoms with Gasteiger partial charge in [0.2, 0.25) is 0 Å². The zero-order chi connectivity index (χ0) is 15.4. The molecule has 0 fully saturated rings. The number of hydrogen-bond acceptors (Lipinski definition) is 2. The maximum Gasteiger partial charge on any atom is 0.422 e. The van der Waals surface area contributed by atoms with E-state index in [9.17, 15) is 18.0 Å². The molecule has 1 aromatic rings. The van der Waals surface area contributed by atoms with Crippen molar-refractivity contribution in [2.75, 3.05) is 11.9 Å². The molecule has 1 rings (SSSR count). The van der Waals surface area contributed by atoms with Crippen molar-refractivity contribution in [1.29, 1.82) is 0 Å². The highest BCUT2D eigenvalue weighted by Crippen LogP contribution is 2.20. The molecule has 4 nitrogen and oxygen atoms in total. The first-order valence-corrected chi connectivity index (χ1v) is 5.94. The lowest BCUT2D eigenvalue weighted by molar-refractivity contribution is -0.153. The number of rotatable bonds is 3. The maximum absolute atomic E-state index is 12.0. The molecule has 2 N–H and O–H groups in total. The predicted molar refractivity (Wildman–Crippen MR) is 69.9 cm³/mol. The van der Waals surface area contributed by atoms with Crippen LogP contribution in [0.5, 0.6) is 5.75 Å². The van der Waals surface area contributed by atoms with Crippen molar-refractivity contribution < 1.29 is 22.7 Å². The normalized spacial score (nSPS) is 11.9. The van der Waals surface area contributed by atoms with E-state index in [2.05, 4.69) is 15.4 Å². The Hall–Kier alpha value is -1.92. The number of ether oxygens (including phenoxy) is 1. The molecule has 0 aromatic heterocycles. The molecule has 0 atom stereocenters. The number of hydrogen-bond donors (Lipinski definition) is 2. The second kappa shape index (κ2) is 6.02. The lowest BCUT2D eigenvalue weighted by atomic mass is 10.1. The molecule has 2 amide bonds. The molecule has 0 aliphatic rings. The Labute approximate surface area is 115 Å². The van der Waals surface area contributed by atoms with Crippen LogP contribution in [0.25, 0.3) is 0 Å². The zero-order valence-corrected chi connectivity index (χ0v) is 11.5. The lowest BCUT2D eigenvalue weighted by Crippen LogP contribution is -2.43. The second-order valence-electron chi connectivity index (χ2n) is 5.26. The predicted octanol–water partition coefficient (Wildman–Crippen LogP) is 3.55. The van der Waals surface area contributed by atoms with Crippen LogP contribution in [-0.2, 0) is 0 Å². The first-order chi connectivity index (χ1) is 9.05. The zero-order valence-electron chi connectivity index (χ0n) is 11.5. The van der Waals surface area contributed by atoms with Crippen LogP contribution < -0.4 is 15.4 Å². The SMILES string of the molecule is CC(C)(C)NC(=O)Nc1ccc(OCC(F)(F)F)cc1. The third-order valence-electron chi connectivity index (χ3n) is 2.00. The van der Waals surface area contributed by atoms with Crippen molar-refractivity contribution in [3.63, 3.8) is 0 Å². The van der Waals surface area contributed by atoms with Crippen LogP contribution in [0.2, 0.25) is 0 Å². The Bertz CT molecular complexity index is 450. The summed E-state index contributed by atoms with van der Waals surface area (Å²) < 4.78 is 40.4. The molecule has 20 heavy (non-hydrogen) atoms. The van der Waals surface area contributed by atoms with E-state index in [0.717, 1.165) is 0 Å². The van der Waals surface area contributed by atoms with Gasteiger partial charge in [0.05, 0.1) is 0 Å². The molecule has 0 spiro atoms. The standard InChI is InChI=1S/C13H17F3N2O2/c1-12(2,3)18-11(19)17-9-4-6-10(7-5-9)20-8-13(14,15)16/h4-7H,8H2,1-3H3,(H2,17,18,19). The summed E-state index contributed by atoms with van der Waals surface area (Å²) in [7, 11) is 0. The summed E-state index contributed by atoms with van der Waals surface area (Å²) in [5.41, 5.74) is 0.0888. The number of urea groups is 1. The number of anilines is 1. The first kappa shape index (κ1) is 16.1. The van der Waals surface area contributed by atoms with Gasteiger partial charge in [0.1, 0.15) is 5.75 Å². The number of amides is 2. The number of alkyl halides is 3. The minimum atomic E-state index is -4.37. The highest BCUT2D eigenvalue weighted by atomic mass is 19.4. The van der Waals surface area contributed by atoms with Crippen molar-refractivity contribution >= 4 is 11.7 Å². The van der Waals surface area contributed by atoms with Gasteiger partial charge in [-0.15, -0.1) is 0 Å². The molecule has 0 aliphatic heterocycles. The average Bonchev–Trinajstić information content (AvgIpc) is 2.24. The van der Waals surface area contributed by atoms with Gasteiger partial charge in [0.15, 0.2) is 6.61 Å². The molecule has 0 heterocycles. The number of halogens is 3. The van der Waals surface area contributed by atoms with Gasteiger partial charge in [-0.1, -0.05) is 0 Å². The van der Waals surface area contributed by atoms with E-state index in [0.29, 0.717) is 5.69 Å². The minimum absolute atomic E-state index is 0.0871. The first-order valence-electron chi connectivity index (χ1n) is 5.94. The lowest BCUT2D eigenvalue weighted by Gasteiger charge is -2.20. The van der Waals surface area contributed by atoms with Crippen molar-refractivity contribution in [3.05, 3.63) is 24.3 Å². The van der Waals surface area contributed by atoms with Gasteiger partial charge in [0, 0.05) is 11.2 Å². The van der Waals surface area contributed by atoms with Crippen LogP contribution in [0.1, 0.15) is 20.8 Å². The molecule has 0 saturated carbocycles. The third-order valence-corrected chi connectivity index (χ3v) is 2.00. The fourth-order valence-corrected chi connectivity index (χ4v) is 1.30. The second-order valence-corrected chi connectivity index (χ2v) is 5.26. The smallest absolute Gasteiger partial charge is 0.422 e. The van der Waals surface area contributed by atoms with Gasteiger partial charge in [-0.2, -0.15) is 13.2 Å². The summed E-state index contributed by atoms with van der Waals surface area (Å²) in [6.07, 6.45) is -4.37. The molecule has 7 heteroatoms. The largest absolute Gasteiger partial charge is 0.484 e. The van der Waals surface area contributed by atoms with Crippen LogP contribution in [0.3, 0.4) is 0 Å². The van der Waals surface area contributed by atoms with E-state index in [1.54, 1.807) is 0 Å². The van der Waals surface area contributed by atoms with Crippen molar-refractivity contribution in [1.82, 2.24) is 5.32 Å². The highest BCUT2D eigenvalue weighted by molar-refractivity contribution is 5.89. The van der Waals surface area contributed by atoms with Gasteiger partial charge in [-0.25, -0.2) is 4.79 Å². The van der Waals surface area contributed by atoms with E-state index >= 15 is 0 Å². The topological polar surface area (TPSA) is 50.4 Å². The maximum atomic E-state index is 12.0. The van der Waals surface area contributed by atoms with E-state index in [1.807, 2.05) is 20.8 Å². The quantitative estimate of drug-likeness (QED) is 0.894. The van der Waals surface area contributed by atoms with Crippen LogP contribution in [-0.4, -0.2) is 24.4 Å². The number of carbonyl (C=O) groups excluding carboxylic acids is 1. The number of benzene rings is 1. The van der Waals surface area contributed by atoms with Crippen molar-refractivity contribution in [2.45, 2.75) is 32.5 Å². The Balaban J connectivity index is 2.52. The van der Waals surface area contributed by atoms with Gasteiger partial charge in [-0.05, 0) is 45.0 Å². The molecule has 0 saturated heterocycles. The number of nitrogens with one attached hydrogen (secondary N) is 2. The van der Waals surface area contributed by atoms with Crippen LogP contribution in [0.15, 0.2) is 24.3 Å². The molecule has 1 aromatic carbocycles. The van der Waals surface area contributed by atoms with Gasteiger partial charge in [-0.3, -0.25) is 0 Å². The van der Waals surface area contributed by atoms with Crippen molar-refractivity contribution in [2.24, 2.45) is 0 Å². The highest BCUT2D eigenvalue weighted by Gasteiger charge is 2.28. The Morgan fingerprint density at radius 1 is 1.15 bits per heavy atom. The van der Waals surface area contributed by atoms with Gasteiger partial charge < -0.3 is 15.4 Å². The monoisotopic (exact) mass is 290 g/mol.